The summed E-state index contributed by atoms with van der Waals surface area (Å²) in [7, 11) is 1.59. The first-order chi connectivity index (χ1) is 10.1. The molecule has 0 saturated heterocycles. The molecule has 0 aliphatic rings. The van der Waals surface area contributed by atoms with Crippen LogP contribution in [0.1, 0.15) is 13.3 Å². The van der Waals surface area contributed by atoms with Crippen molar-refractivity contribution in [2.24, 2.45) is 0 Å². The van der Waals surface area contributed by atoms with Crippen molar-refractivity contribution in [3.63, 3.8) is 0 Å². The topological polar surface area (TPSA) is 47.6 Å². The van der Waals surface area contributed by atoms with Gasteiger partial charge in [0.25, 0.3) is 0 Å². The lowest BCUT2D eigenvalue weighted by atomic mass is 10.2. The van der Waals surface area contributed by atoms with Crippen molar-refractivity contribution >= 4 is 23.2 Å². The van der Waals surface area contributed by atoms with E-state index in [1.165, 1.54) is 0 Å². The van der Waals surface area contributed by atoms with E-state index >= 15 is 0 Å². The average Bonchev–Trinajstić information content (AvgIpc) is 2.50. The Morgan fingerprint density at radius 2 is 1.95 bits per heavy atom. The van der Waals surface area contributed by atoms with Crippen molar-refractivity contribution < 1.29 is 14.3 Å². The molecule has 0 heterocycles. The van der Waals surface area contributed by atoms with Crippen LogP contribution in [0.2, 0.25) is 5.02 Å². The second-order valence-corrected chi connectivity index (χ2v) is 4.76. The fourth-order valence-corrected chi connectivity index (χ4v) is 1.89. The zero-order valence-electron chi connectivity index (χ0n) is 11.9. The number of halogens is 1. The Labute approximate surface area is 128 Å². The first-order valence-electron chi connectivity index (χ1n) is 6.53. The lowest BCUT2D eigenvalue weighted by Gasteiger charge is -2.13. The third-order valence-electron chi connectivity index (χ3n) is 2.81. The van der Waals surface area contributed by atoms with Crippen LogP contribution in [0.4, 0.5) is 5.69 Å². The van der Waals surface area contributed by atoms with Gasteiger partial charge >= 0.3 is 0 Å². The normalized spacial score (nSPS) is 10.0. The summed E-state index contributed by atoms with van der Waals surface area (Å²) in [5.41, 5.74) is 0.539. The number of benzene rings is 2. The van der Waals surface area contributed by atoms with Gasteiger partial charge < -0.3 is 14.8 Å². The van der Waals surface area contributed by atoms with Gasteiger partial charge in [-0.1, -0.05) is 24.6 Å². The highest BCUT2D eigenvalue weighted by molar-refractivity contribution is 6.31. The molecule has 0 aliphatic heterocycles. The van der Waals surface area contributed by atoms with Gasteiger partial charge in [0.2, 0.25) is 5.91 Å². The second kappa shape index (κ2) is 6.99. The molecule has 1 amide bonds. The Kier molecular flexibility index (Phi) is 5.06. The van der Waals surface area contributed by atoms with E-state index in [1.807, 2.05) is 18.2 Å². The van der Waals surface area contributed by atoms with Crippen LogP contribution < -0.4 is 14.8 Å². The van der Waals surface area contributed by atoms with E-state index in [2.05, 4.69) is 5.32 Å². The third kappa shape index (κ3) is 4.13. The van der Waals surface area contributed by atoms with Crippen molar-refractivity contribution in [2.75, 3.05) is 12.4 Å². The van der Waals surface area contributed by atoms with E-state index < -0.39 is 0 Å². The predicted molar refractivity (Wildman–Crippen MR) is 83.4 cm³/mol. The molecule has 0 atom stereocenters. The molecule has 0 radical (unpaired) electrons. The number of ether oxygens (including phenoxy) is 2. The van der Waals surface area contributed by atoms with Crippen molar-refractivity contribution in [1.82, 2.24) is 0 Å². The number of carbonyl (C=O) groups is 1. The third-order valence-corrected chi connectivity index (χ3v) is 3.04. The van der Waals surface area contributed by atoms with E-state index in [0.29, 0.717) is 34.4 Å². The van der Waals surface area contributed by atoms with Gasteiger partial charge in [0, 0.05) is 17.5 Å². The highest BCUT2D eigenvalue weighted by Crippen LogP contribution is 2.33. The Morgan fingerprint density at radius 3 is 2.67 bits per heavy atom. The Morgan fingerprint density at radius 1 is 1.19 bits per heavy atom. The number of anilines is 1. The fraction of sp³-hybridized carbons (Fsp3) is 0.188. The molecule has 0 bridgehead atoms. The van der Waals surface area contributed by atoms with Gasteiger partial charge in [-0.3, -0.25) is 4.79 Å². The Bertz CT molecular complexity index is 643. The summed E-state index contributed by atoms with van der Waals surface area (Å²) < 4.78 is 11.0. The van der Waals surface area contributed by atoms with E-state index in [-0.39, 0.29) is 5.91 Å². The van der Waals surface area contributed by atoms with Gasteiger partial charge in [-0.2, -0.15) is 0 Å². The maximum Gasteiger partial charge on any atom is 0.224 e. The largest absolute Gasteiger partial charge is 0.497 e. The molecule has 110 valence electrons. The SMILES string of the molecule is CCC(=O)Nc1cc(Cl)ccc1Oc1cccc(OC)c1. The molecule has 0 fully saturated rings. The summed E-state index contributed by atoms with van der Waals surface area (Å²) in [4.78, 5) is 11.6. The summed E-state index contributed by atoms with van der Waals surface area (Å²) in [6, 6.07) is 12.3. The monoisotopic (exact) mass is 305 g/mol. The first-order valence-corrected chi connectivity index (χ1v) is 6.91. The number of nitrogens with one attached hydrogen (secondary N) is 1. The number of rotatable bonds is 5. The van der Waals surface area contributed by atoms with Crippen LogP contribution in [0.15, 0.2) is 42.5 Å². The summed E-state index contributed by atoms with van der Waals surface area (Å²) in [5.74, 6) is 1.73. The molecule has 2 aromatic carbocycles. The molecular formula is C16H16ClNO3. The highest BCUT2D eigenvalue weighted by Gasteiger charge is 2.09. The first kappa shape index (κ1) is 15.2. The number of hydrogen-bond acceptors (Lipinski definition) is 3. The van der Waals surface area contributed by atoms with Crippen LogP contribution in [0, 0.1) is 0 Å². The summed E-state index contributed by atoms with van der Waals surface area (Å²) in [6.45, 7) is 1.78. The summed E-state index contributed by atoms with van der Waals surface area (Å²) >= 11 is 5.97. The highest BCUT2D eigenvalue weighted by atomic mass is 35.5. The van der Waals surface area contributed by atoms with E-state index in [0.717, 1.165) is 0 Å². The zero-order chi connectivity index (χ0) is 15.2. The molecular weight excluding hydrogens is 290 g/mol. The lowest BCUT2D eigenvalue weighted by molar-refractivity contribution is -0.115. The maximum absolute atomic E-state index is 11.6. The zero-order valence-corrected chi connectivity index (χ0v) is 12.6. The second-order valence-electron chi connectivity index (χ2n) is 4.32. The summed E-state index contributed by atoms with van der Waals surface area (Å²) in [6.07, 6.45) is 0.380. The molecule has 1 N–H and O–H groups in total. The van der Waals surface area contributed by atoms with Crippen LogP contribution in [0.5, 0.6) is 17.2 Å². The molecule has 0 saturated carbocycles. The Balaban J connectivity index is 2.27. The minimum atomic E-state index is -0.104. The van der Waals surface area contributed by atoms with Gasteiger partial charge in [0.1, 0.15) is 11.5 Å². The van der Waals surface area contributed by atoms with E-state index in [1.54, 1.807) is 38.3 Å². The standard InChI is InChI=1S/C16H16ClNO3/c1-3-16(19)18-14-9-11(17)7-8-15(14)21-13-6-4-5-12(10-13)20-2/h4-10H,3H2,1-2H3,(H,18,19). The van der Waals surface area contributed by atoms with Crippen LogP contribution in [0.3, 0.4) is 0 Å². The molecule has 0 unspecified atom stereocenters. The van der Waals surface area contributed by atoms with Crippen molar-refractivity contribution in [3.05, 3.63) is 47.5 Å². The Hall–Kier alpha value is -2.20. The minimum absolute atomic E-state index is 0.104. The van der Waals surface area contributed by atoms with Crippen molar-refractivity contribution in [1.29, 1.82) is 0 Å². The molecule has 21 heavy (non-hydrogen) atoms. The van der Waals surface area contributed by atoms with Crippen LogP contribution in [-0.2, 0) is 4.79 Å². The molecule has 0 aliphatic carbocycles. The van der Waals surface area contributed by atoms with Crippen LogP contribution >= 0.6 is 11.6 Å². The lowest BCUT2D eigenvalue weighted by Crippen LogP contribution is -2.10. The van der Waals surface area contributed by atoms with Crippen LogP contribution in [0.25, 0.3) is 0 Å². The van der Waals surface area contributed by atoms with E-state index in [9.17, 15) is 4.79 Å². The predicted octanol–water partition coefficient (Wildman–Crippen LogP) is 4.49. The molecule has 2 aromatic rings. The fourth-order valence-electron chi connectivity index (χ4n) is 1.72. The number of amides is 1. The van der Waals surface area contributed by atoms with Crippen molar-refractivity contribution in [2.45, 2.75) is 13.3 Å². The number of hydrogen-bond donors (Lipinski definition) is 1. The van der Waals surface area contributed by atoms with Gasteiger partial charge in [-0.15, -0.1) is 0 Å². The number of methoxy groups -OCH3 is 1. The van der Waals surface area contributed by atoms with Gasteiger partial charge in [0.05, 0.1) is 12.8 Å². The molecule has 0 spiro atoms. The average molecular weight is 306 g/mol. The van der Waals surface area contributed by atoms with Gasteiger partial charge in [-0.05, 0) is 30.3 Å². The minimum Gasteiger partial charge on any atom is -0.497 e. The molecule has 2 rings (SSSR count). The van der Waals surface area contributed by atoms with Crippen LogP contribution in [-0.4, -0.2) is 13.0 Å². The summed E-state index contributed by atoms with van der Waals surface area (Å²) in [5, 5.41) is 3.30. The molecule has 0 aromatic heterocycles. The molecule has 5 heteroatoms. The maximum atomic E-state index is 11.6. The smallest absolute Gasteiger partial charge is 0.224 e. The van der Waals surface area contributed by atoms with Crippen molar-refractivity contribution in [3.8, 4) is 17.2 Å². The van der Waals surface area contributed by atoms with Gasteiger partial charge in [-0.25, -0.2) is 0 Å². The van der Waals surface area contributed by atoms with E-state index in [4.69, 9.17) is 21.1 Å². The number of carbonyl (C=O) groups excluding carboxylic acids is 1. The quantitative estimate of drug-likeness (QED) is 0.885. The van der Waals surface area contributed by atoms with Gasteiger partial charge in [0.15, 0.2) is 5.75 Å². The molecule has 4 nitrogen and oxygen atoms in total.